The molecule has 1 aromatic rings. The molecule has 0 saturated carbocycles. The Hall–Kier alpha value is -1.51. The Morgan fingerprint density at radius 3 is 2.48 bits per heavy atom. The van der Waals surface area contributed by atoms with E-state index in [0.29, 0.717) is 32.2 Å². The number of hydrogen-bond acceptors (Lipinski definition) is 3. The highest BCUT2D eigenvalue weighted by Crippen LogP contribution is 2.20. The summed E-state index contributed by atoms with van der Waals surface area (Å²) in [6.07, 6.45) is 0. The van der Waals surface area contributed by atoms with Crippen molar-refractivity contribution in [2.45, 2.75) is 34.2 Å². The minimum absolute atomic E-state index is 0. The summed E-state index contributed by atoms with van der Waals surface area (Å²) < 4.78 is 5.68. The number of guanidine groups is 1. The zero-order valence-electron chi connectivity index (χ0n) is 15.8. The first-order chi connectivity index (χ1) is 11.5. The third-order valence-corrected chi connectivity index (χ3v) is 3.43. The maximum Gasteiger partial charge on any atom is 0.222 e. The van der Waals surface area contributed by atoms with Crippen LogP contribution in [-0.2, 0) is 11.3 Å². The Labute approximate surface area is 168 Å². The van der Waals surface area contributed by atoms with E-state index in [-0.39, 0.29) is 35.8 Å². The highest BCUT2D eigenvalue weighted by Gasteiger charge is 2.07. The van der Waals surface area contributed by atoms with E-state index in [0.717, 1.165) is 11.3 Å². The molecule has 0 bridgehead atoms. The summed E-state index contributed by atoms with van der Waals surface area (Å²) in [4.78, 5) is 15.7. The van der Waals surface area contributed by atoms with Gasteiger partial charge in [0.25, 0.3) is 0 Å². The number of benzene rings is 1. The molecule has 142 valence electrons. The van der Waals surface area contributed by atoms with E-state index in [2.05, 4.69) is 33.1 Å². The number of nitrogens with one attached hydrogen (secondary N) is 3. The Bertz CT molecular complexity index is 562. The van der Waals surface area contributed by atoms with Crippen LogP contribution in [0.25, 0.3) is 0 Å². The van der Waals surface area contributed by atoms with Gasteiger partial charge >= 0.3 is 0 Å². The smallest absolute Gasteiger partial charge is 0.222 e. The molecule has 0 saturated heterocycles. The minimum Gasteiger partial charge on any atom is -0.494 e. The van der Waals surface area contributed by atoms with Crippen molar-refractivity contribution in [3.05, 3.63) is 29.3 Å². The second-order valence-electron chi connectivity index (χ2n) is 5.84. The summed E-state index contributed by atoms with van der Waals surface area (Å²) in [7, 11) is 1.72. The van der Waals surface area contributed by atoms with Crippen LogP contribution in [0.15, 0.2) is 23.2 Å². The standard InChI is InChI=1S/C18H30N4O2.HI/c1-6-24-16-11-14(4)7-8-15(16)12-22-18(19-5)21-10-9-20-17(23)13(2)3;/h7-8,11,13H,6,9-10,12H2,1-5H3,(H,20,23)(H2,19,21,22);1H. The number of aliphatic imine (C=N–C) groups is 1. The number of rotatable bonds is 8. The van der Waals surface area contributed by atoms with Crippen LogP contribution in [-0.4, -0.2) is 38.6 Å². The van der Waals surface area contributed by atoms with Crippen LogP contribution in [0.2, 0.25) is 0 Å². The summed E-state index contributed by atoms with van der Waals surface area (Å²) in [5, 5.41) is 9.30. The maximum absolute atomic E-state index is 11.5. The van der Waals surface area contributed by atoms with E-state index in [1.807, 2.05) is 33.8 Å². The van der Waals surface area contributed by atoms with Crippen LogP contribution in [0.1, 0.15) is 31.9 Å². The Kier molecular flexibility index (Phi) is 12.0. The first-order valence-electron chi connectivity index (χ1n) is 8.42. The van der Waals surface area contributed by atoms with Crippen molar-refractivity contribution in [1.82, 2.24) is 16.0 Å². The fraction of sp³-hybridized carbons (Fsp3) is 0.556. The number of ether oxygens (including phenoxy) is 1. The van der Waals surface area contributed by atoms with Gasteiger partial charge in [0.2, 0.25) is 5.91 Å². The first kappa shape index (κ1) is 23.5. The lowest BCUT2D eigenvalue weighted by molar-refractivity contribution is -0.123. The van der Waals surface area contributed by atoms with Crippen molar-refractivity contribution in [2.75, 3.05) is 26.7 Å². The molecule has 1 amide bonds. The minimum atomic E-state index is 0. The molecule has 0 heterocycles. The lowest BCUT2D eigenvalue weighted by Gasteiger charge is -2.15. The van der Waals surface area contributed by atoms with Crippen LogP contribution in [0.5, 0.6) is 5.75 Å². The third-order valence-electron chi connectivity index (χ3n) is 3.43. The molecule has 1 aromatic carbocycles. The normalized spacial score (nSPS) is 10.9. The third kappa shape index (κ3) is 8.94. The summed E-state index contributed by atoms with van der Waals surface area (Å²) in [6.45, 7) is 10.2. The van der Waals surface area contributed by atoms with E-state index in [1.54, 1.807) is 7.05 Å². The van der Waals surface area contributed by atoms with Gasteiger partial charge in [-0.15, -0.1) is 24.0 Å². The van der Waals surface area contributed by atoms with E-state index < -0.39 is 0 Å². The lowest BCUT2D eigenvalue weighted by atomic mass is 10.1. The molecule has 0 aliphatic rings. The number of nitrogens with zero attached hydrogens (tertiary/aromatic N) is 1. The Morgan fingerprint density at radius 2 is 1.88 bits per heavy atom. The molecule has 0 aliphatic carbocycles. The Morgan fingerprint density at radius 1 is 1.20 bits per heavy atom. The zero-order valence-corrected chi connectivity index (χ0v) is 18.1. The number of hydrogen-bond donors (Lipinski definition) is 3. The van der Waals surface area contributed by atoms with E-state index in [1.165, 1.54) is 5.56 Å². The van der Waals surface area contributed by atoms with E-state index in [9.17, 15) is 4.79 Å². The van der Waals surface area contributed by atoms with Gasteiger partial charge in [-0.05, 0) is 25.5 Å². The van der Waals surface area contributed by atoms with Gasteiger partial charge in [-0.25, -0.2) is 0 Å². The van der Waals surface area contributed by atoms with Gasteiger partial charge in [0, 0.05) is 38.2 Å². The topological polar surface area (TPSA) is 74.8 Å². The number of halogens is 1. The van der Waals surface area contributed by atoms with Crippen molar-refractivity contribution < 1.29 is 9.53 Å². The highest BCUT2D eigenvalue weighted by atomic mass is 127. The number of amides is 1. The number of aryl methyl sites for hydroxylation is 1. The van der Waals surface area contributed by atoms with Gasteiger partial charge < -0.3 is 20.7 Å². The predicted molar refractivity (Wildman–Crippen MR) is 114 cm³/mol. The molecular formula is C18H31IN4O2. The van der Waals surface area contributed by atoms with Crippen LogP contribution >= 0.6 is 24.0 Å². The molecule has 0 spiro atoms. The summed E-state index contributed by atoms with van der Waals surface area (Å²) in [5.41, 5.74) is 2.25. The molecule has 0 unspecified atom stereocenters. The number of carbonyl (C=O) groups excluding carboxylic acids is 1. The maximum atomic E-state index is 11.5. The van der Waals surface area contributed by atoms with Gasteiger partial charge in [-0.2, -0.15) is 0 Å². The van der Waals surface area contributed by atoms with Crippen molar-refractivity contribution in [3.63, 3.8) is 0 Å². The molecule has 25 heavy (non-hydrogen) atoms. The monoisotopic (exact) mass is 462 g/mol. The van der Waals surface area contributed by atoms with Gasteiger partial charge in [0.15, 0.2) is 5.96 Å². The van der Waals surface area contributed by atoms with Crippen LogP contribution in [0, 0.1) is 12.8 Å². The van der Waals surface area contributed by atoms with Crippen molar-refractivity contribution in [1.29, 1.82) is 0 Å². The zero-order chi connectivity index (χ0) is 17.9. The van der Waals surface area contributed by atoms with Crippen molar-refractivity contribution in [3.8, 4) is 5.75 Å². The molecule has 0 atom stereocenters. The SMILES string of the molecule is CCOc1cc(C)ccc1CNC(=NC)NCCNC(=O)C(C)C.I. The summed E-state index contributed by atoms with van der Waals surface area (Å²) in [6, 6.07) is 6.17. The molecule has 0 aromatic heterocycles. The lowest BCUT2D eigenvalue weighted by Crippen LogP contribution is -2.41. The fourth-order valence-corrected chi connectivity index (χ4v) is 2.07. The predicted octanol–water partition coefficient (Wildman–Crippen LogP) is 2.45. The number of carbonyl (C=O) groups is 1. The van der Waals surface area contributed by atoms with E-state index >= 15 is 0 Å². The molecule has 1 rings (SSSR count). The van der Waals surface area contributed by atoms with Crippen LogP contribution in [0.4, 0.5) is 0 Å². The highest BCUT2D eigenvalue weighted by molar-refractivity contribution is 14.0. The summed E-state index contributed by atoms with van der Waals surface area (Å²) in [5.74, 6) is 1.64. The molecule has 6 nitrogen and oxygen atoms in total. The quantitative estimate of drug-likeness (QED) is 0.240. The van der Waals surface area contributed by atoms with Gasteiger partial charge in [0.1, 0.15) is 5.75 Å². The van der Waals surface area contributed by atoms with E-state index in [4.69, 9.17) is 4.74 Å². The van der Waals surface area contributed by atoms with Gasteiger partial charge in [0.05, 0.1) is 6.61 Å². The first-order valence-corrected chi connectivity index (χ1v) is 8.42. The molecule has 0 aliphatic heterocycles. The fourth-order valence-electron chi connectivity index (χ4n) is 2.07. The molecule has 0 fully saturated rings. The van der Waals surface area contributed by atoms with Crippen LogP contribution < -0.4 is 20.7 Å². The van der Waals surface area contributed by atoms with Gasteiger partial charge in [-0.1, -0.05) is 26.0 Å². The van der Waals surface area contributed by atoms with Gasteiger partial charge in [-0.3, -0.25) is 9.79 Å². The average Bonchev–Trinajstić information content (AvgIpc) is 2.55. The second-order valence-corrected chi connectivity index (χ2v) is 5.84. The van der Waals surface area contributed by atoms with Crippen LogP contribution in [0.3, 0.4) is 0 Å². The largest absolute Gasteiger partial charge is 0.494 e. The molecule has 0 radical (unpaired) electrons. The summed E-state index contributed by atoms with van der Waals surface area (Å²) >= 11 is 0. The second kappa shape index (κ2) is 12.8. The average molecular weight is 462 g/mol. The molecule has 7 heteroatoms. The molecule has 3 N–H and O–H groups in total. The van der Waals surface area contributed by atoms with Crippen molar-refractivity contribution >= 4 is 35.8 Å². The molecular weight excluding hydrogens is 431 g/mol. The Balaban J connectivity index is 0.00000576. The van der Waals surface area contributed by atoms with Crippen molar-refractivity contribution in [2.24, 2.45) is 10.9 Å².